The van der Waals surface area contributed by atoms with Gasteiger partial charge in [-0.3, -0.25) is 9.78 Å². The van der Waals surface area contributed by atoms with E-state index in [0.29, 0.717) is 10.9 Å². The Morgan fingerprint density at radius 2 is 1.86 bits per heavy atom. The molecule has 6 nitrogen and oxygen atoms in total. The van der Waals surface area contributed by atoms with Crippen molar-refractivity contribution in [3.8, 4) is 0 Å². The fourth-order valence-electron chi connectivity index (χ4n) is 3.49. The summed E-state index contributed by atoms with van der Waals surface area (Å²) in [7, 11) is -3.99. The Labute approximate surface area is 168 Å². The molecule has 1 N–H and O–H groups in total. The molecule has 1 aliphatic rings. The summed E-state index contributed by atoms with van der Waals surface area (Å²) >= 11 is 0. The Morgan fingerprint density at radius 1 is 1.10 bits per heavy atom. The van der Waals surface area contributed by atoms with E-state index >= 15 is 4.39 Å². The molecule has 1 saturated heterocycles. The third kappa shape index (κ3) is 3.73. The van der Waals surface area contributed by atoms with Crippen molar-refractivity contribution >= 4 is 26.8 Å². The molecule has 1 aromatic heterocycles. The number of sulfonamides is 1. The summed E-state index contributed by atoms with van der Waals surface area (Å²) in [5.41, 5.74) is -1.09. The maximum Gasteiger partial charge on any atom is 0.259 e. The zero-order chi connectivity index (χ0) is 20.5. The van der Waals surface area contributed by atoms with Crippen LogP contribution in [-0.4, -0.2) is 42.4 Å². The van der Waals surface area contributed by atoms with Crippen LogP contribution in [0.15, 0.2) is 71.8 Å². The van der Waals surface area contributed by atoms with Gasteiger partial charge in [0, 0.05) is 31.1 Å². The molecule has 1 fully saturated rings. The highest BCUT2D eigenvalue weighted by molar-refractivity contribution is 7.89. The number of aromatic nitrogens is 1. The van der Waals surface area contributed by atoms with E-state index in [1.54, 1.807) is 24.3 Å². The fraction of sp³-hybridized carbons (Fsp3) is 0.238. The van der Waals surface area contributed by atoms with Crippen LogP contribution in [0.4, 0.5) is 4.39 Å². The van der Waals surface area contributed by atoms with Crippen molar-refractivity contribution < 1.29 is 17.6 Å². The van der Waals surface area contributed by atoms with Crippen molar-refractivity contribution in [2.24, 2.45) is 0 Å². The average Bonchev–Trinajstić information content (AvgIpc) is 3.16. The number of hydrogen-bond acceptors (Lipinski definition) is 4. The van der Waals surface area contributed by atoms with Gasteiger partial charge in [0.05, 0.1) is 12.1 Å². The summed E-state index contributed by atoms with van der Waals surface area (Å²) in [4.78, 5) is 16.6. The molecular weight excluding hydrogens is 393 g/mol. The van der Waals surface area contributed by atoms with E-state index in [4.69, 9.17) is 0 Å². The number of halogens is 1. The lowest BCUT2D eigenvalue weighted by Crippen LogP contribution is -2.45. The second-order valence-corrected chi connectivity index (χ2v) is 8.96. The molecule has 0 radical (unpaired) electrons. The molecule has 150 valence electrons. The van der Waals surface area contributed by atoms with Gasteiger partial charge in [-0.15, -0.1) is 0 Å². The largest absolute Gasteiger partial charge is 0.349 e. The number of nitrogens with one attached hydrogen (secondary N) is 1. The van der Waals surface area contributed by atoms with Crippen molar-refractivity contribution in [3.63, 3.8) is 0 Å². The maximum atomic E-state index is 15.3. The average molecular weight is 413 g/mol. The van der Waals surface area contributed by atoms with Crippen LogP contribution in [0.25, 0.3) is 10.9 Å². The third-order valence-electron chi connectivity index (χ3n) is 5.10. The maximum absolute atomic E-state index is 15.3. The summed E-state index contributed by atoms with van der Waals surface area (Å²) in [6.07, 6.45) is 1.33. The number of carbonyl (C=O) groups excluding carboxylic acids is 1. The highest BCUT2D eigenvalue weighted by Crippen LogP contribution is 2.32. The molecule has 0 aliphatic carbocycles. The second kappa shape index (κ2) is 7.53. The van der Waals surface area contributed by atoms with Crippen LogP contribution >= 0.6 is 0 Å². The molecule has 1 unspecified atom stereocenters. The van der Waals surface area contributed by atoms with Gasteiger partial charge in [0.15, 0.2) is 0 Å². The van der Waals surface area contributed by atoms with Gasteiger partial charge in [-0.05, 0) is 17.7 Å². The molecule has 0 bridgehead atoms. The number of benzene rings is 2. The molecule has 8 heteroatoms. The van der Waals surface area contributed by atoms with Crippen LogP contribution in [0.3, 0.4) is 0 Å². The first-order valence-corrected chi connectivity index (χ1v) is 10.7. The van der Waals surface area contributed by atoms with Crippen molar-refractivity contribution in [1.29, 1.82) is 0 Å². The lowest BCUT2D eigenvalue weighted by Gasteiger charge is -2.21. The van der Waals surface area contributed by atoms with Gasteiger partial charge in [-0.1, -0.05) is 48.5 Å². The first kappa shape index (κ1) is 19.5. The van der Waals surface area contributed by atoms with Gasteiger partial charge >= 0.3 is 0 Å². The number of para-hydroxylation sites is 1. The molecule has 4 rings (SSSR count). The van der Waals surface area contributed by atoms with E-state index in [9.17, 15) is 13.2 Å². The number of fused-ring (bicyclic) bond motifs is 1. The van der Waals surface area contributed by atoms with Gasteiger partial charge in [0.2, 0.25) is 15.7 Å². The standard InChI is InChI=1S/C21H20FN3O3S/c22-21(20(26)24-14-16-6-2-1-3-7-16)11-13-25(15-21)29(27,28)18-10-4-8-17-9-5-12-23-19(17)18/h1-10,12H,11,13-15H2,(H,24,26). The van der Waals surface area contributed by atoms with Crippen LogP contribution in [-0.2, 0) is 21.4 Å². The Kier molecular flexibility index (Phi) is 5.06. The monoisotopic (exact) mass is 413 g/mol. The minimum absolute atomic E-state index is 0.0181. The highest BCUT2D eigenvalue weighted by Gasteiger charge is 2.49. The van der Waals surface area contributed by atoms with Gasteiger partial charge in [0.25, 0.3) is 5.91 Å². The predicted molar refractivity (Wildman–Crippen MR) is 107 cm³/mol. The zero-order valence-corrected chi connectivity index (χ0v) is 16.4. The van der Waals surface area contributed by atoms with Crippen molar-refractivity contribution in [2.45, 2.75) is 23.5 Å². The first-order chi connectivity index (χ1) is 13.9. The minimum Gasteiger partial charge on any atom is -0.349 e. The van der Waals surface area contributed by atoms with Gasteiger partial charge in [-0.2, -0.15) is 4.31 Å². The number of alkyl halides is 1. The summed E-state index contributed by atoms with van der Waals surface area (Å²) < 4.78 is 42.6. The van der Waals surface area contributed by atoms with Gasteiger partial charge in [-0.25, -0.2) is 12.8 Å². The molecule has 0 spiro atoms. The van der Waals surface area contributed by atoms with Gasteiger partial charge in [0.1, 0.15) is 4.90 Å². The van der Waals surface area contributed by atoms with Crippen molar-refractivity contribution in [2.75, 3.05) is 13.1 Å². The van der Waals surface area contributed by atoms with E-state index in [2.05, 4.69) is 10.3 Å². The number of pyridine rings is 1. The van der Waals surface area contributed by atoms with Crippen LogP contribution in [0.5, 0.6) is 0 Å². The summed E-state index contributed by atoms with van der Waals surface area (Å²) in [6.45, 7) is -0.397. The minimum atomic E-state index is -3.99. The molecular formula is C21H20FN3O3S. The summed E-state index contributed by atoms with van der Waals surface area (Å²) in [5.74, 6) is -0.796. The number of nitrogens with zero attached hydrogens (tertiary/aromatic N) is 2. The Morgan fingerprint density at radius 3 is 2.66 bits per heavy atom. The third-order valence-corrected chi connectivity index (χ3v) is 6.98. The number of amides is 1. The van der Waals surface area contributed by atoms with Crippen LogP contribution in [0.1, 0.15) is 12.0 Å². The molecule has 1 amide bonds. The number of hydrogen-bond donors (Lipinski definition) is 1. The summed E-state index contributed by atoms with van der Waals surface area (Å²) in [5, 5.41) is 3.26. The number of rotatable bonds is 5. The normalized spacial score (nSPS) is 20.0. The molecule has 1 aliphatic heterocycles. The smallest absolute Gasteiger partial charge is 0.259 e. The number of carbonyl (C=O) groups is 1. The molecule has 3 aromatic rings. The van der Waals surface area contributed by atoms with E-state index < -0.39 is 28.1 Å². The highest BCUT2D eigenvalue weighted by atomic mass is 32.2. The molecule has 29 heavy (non-hydrogen) atoms. The molecule has 2 heterocycles. The molecule has 2 aromatic carbocycles. The Hall–Kier alpha value is -2.84. The van der Waals surface area contributed by atoms with E-state index in [1.807, 2.05) is 30.3 Å². The Balaban J connectivity index is 1.53. The SMILES string of the molecule is O=C(NCc1ccccc1)C1(F)CCN(S(=O)(=O)c2cccc3cccnc23)C1. The van der Waals surface area contributed by atoms with Crippen molar-refractivity contribution in [3.05, 3.63) is 72.4 Å². The summed E-state index contributed by atoms with van der Waals surface area (Å²) in [6, 6.07) is 17.5. The van der Waals surface area contributed by atoms with Crippen molar-refractivity contribution in [1.82, 2.24) is 14.6 Å². The lowest BCUT2D eigenvalue weighted by molar-refractivity contribution is -0.132. The molecule has 1 atom stereocenters. The quantitative estimate of drug-likeness (QED) is 0.698. The van der Waals surface area contributed by atoms with Gasteiger partial charge < -0.3 is 5.32 Å². The predicted octanol–water partition coefficient (Wildman–Crippen LogP) is 2.65. The van der Waals surface area contributed by atoms with Crippen LogP contribution in [0, 0.1) is 0 Å². The topological polar surface area (TPSA) is 79.4 Å². The van der Waals surface area contributed by atoms with E-state index in [0.717, 1.165) is 9.87 Å². The van der Waals surface area contributed by atoms with E-state index in [1.165, 1.54) is 12.3 Å². The fourth-order valence-corrected chi connectivity index (χ4v) is 5.14. The Bertz CT molecular complexity index is 1150. The lowest BCUT2D eigenvalue weighted by atomic mass is 10.0. The van der Waals surface area contributed by atoms with Crippen LogP contribution < -0.4 is 5.32 Å². The van der Waals surface area contributed by atoms with Crippen LogP contribution in [0.2, 0.25) is 0 Å². The first-order valence-electron chi connectivity index (χ1n) is 9.25. The molecule has 0 saturated carbocycles. The second-order valence-electron chi connectivity index (χ2n) is 7.05. The zero-order valence-electron chi connectivity index (χ0n) is 15.6. The van der Waals surface area contributed by atoms with E-state index in [-0.39, 0.29) is 24.4 Å².